The van der Waals surface area contributed by atoms with Gasteiger partial charge in [-0.25, -0.2) is 4.79 Å². The Hall–Kier alpha value is -1.55. The number of ether oxygens (including phenoxy) is 1. The van der Waals surface area contributed by atoms with Crippen LogP contribution in [0.5, 0.6) is 5.75 Å². The molecule has 4 nitrogen and oxygen atoms in total. The van der Waals surface area contributed by atoms with Gasteiger partial charge < -0.3 is 14.9 Å². The number of benzene rings is 1. The molecule has 1 aromatic carbocycles. The summed E-state index contributed by atoms with van der Waals surface area (Å²) in [6.07, 6.45) is -1.16. The third kappa shape index (κ3) is 3.25. The lowest BCUT2D eigenvalue weighted by Crippen LogP contribution is -2.25. The first-order valence-electron chi connectivity index (χ1n) is 4.76. The van der Waals surface area contributed by atoms with Gasteiger partial charge in [0.1, 0.15) is 5.75 Å². The molecule has 0 saturated heterocycles. The molecule has 0 spiro atoms. The van der Waals surface area contributed by atoms with Gasteiger partial charge in [-0.15, -0.1) is 0 Å². The topological polar surface area (TPSA) is 66.8 Å². The summed E-state index contributed by atoms with van der Waals surface area (Å²) >= 11 is 0. The molecular formula is C11H14O4. The fourth-order valence-corrected chi connectivity index (χ4v) is 1.21. The minimum absolute atomic E-state index is 0.0610. The highest BCUT2D eigenvalue weighted by molar-refractivity contribution is 5.74. The maximum atomic E-state index is 11.1. The van der Waals surface area contributed by atoms with Crippen LogP contribution in [0.1, 0.15) is 12.5 Å². The molecular weight excluding hydrogens is 196 g/mol. The zero-order chi connectivity index (χ0) is 11.3. The molecule has 0 unspecified atom stereocenters. The third-order valence-electron chi connectivity index (χ3n) is 1.96. The number of aromatic hydroxyl groups is 1. The molecule has 1 atom stereocenters. The first-order valence-corrected chi connectivity index (χ1v) is 4.76. The normalized spacial score (nSPS) is 12.1. The van der Waals surface area contributed by atoms with Gasteiger partial charge in [0.2, 0.25) is 0 Å². The first-order chi connectivity index (χ1) is 7.15. The van der Waals surface area contributed by atoms with E-state index in [0.29, 0.717) is 5.56 Å². The molecule has 4 heteroatoms. The van der Waals surface area contributed by atoms with Crippen LogP contribution < -0.4 is 0 Å². The molecule has 0 aliphatic carbocycles. The molecule has 0 amide bonds. The van der Waals surface area contributed by atoms with E-state index in [2.05, 4.69) is 4.74 Å². The van der Waals surface area contributed by atoms with E-state index in [9.17, 15) is 15.0 Å². The van der Waals surface area contributed by atoms with Crippen LogP contribution in [-0.4, -0.2) is 28.9 Å². The number of hydrogen-bond acceptors (Lipinski definition) is 4. The Kier molecular flexibility index (Phi) is 4.12. The highest BCUT2D eigenvalue weighted by atomic mass is 16.5. The van der Waals surface area contributed by atoms with Gasteiger partial charge in [0, 0.05) is 6.42 Å². The van der Waals surface area contributed by atoms with E-state index >= 15 is 0 Å². The first kappa shape index (κ1) is 11.5. The Bertz CT molecular complexity index is 335. The third-order valence-corrected chi connectivity index (χ3v) is 1.96. The van der Waals surface area contributed by atoms with Crippen LogP contribution in [0.3, 0.4) is 0 Å². The van der Waals surface area contributed by atoms with E-state index in [-0.39, 0.29) is 18.8 Å². The van der Waals surface area contributed by atoms with Crippen molar-refractivity contribution in [3.05, 3.63) is 29.8 Å². The Labute approximate surface area is 88.1 Å². The summed E-state index contributed by atoms with van der Waals surface area (Å²) in [4.78, 5) is 11.1. The molecule has 0 bridgehead atoms. The Morgan fingerprint density at radius 1 is 1.47 bits per heavy atom. The molecule has 1 rings (SSSR count). The second-order valence-corrected chi connectivity index (χ2v) is 3.10. The predicted molar refractivity (Wildman–Crippen MR) is 54.5 cm³/mol. The standard InChI is InChI=1S/C11H14O4/c1-2-15-11(14)10(13)7-8-5-3-4-6-9(8)12/h3-6,10,12-13H,2,7H2,1H3/t10-/m1/s1. The number of hydrogen-bond donors (Lipinski definition) is 2. The van der Waals surface area contributed by atoms with Crippen LogP contribution in [0.4, 0.5) is 0 Å². The highest BCUT2D eigenvalue weighted by Crippen LogP contribution is 2.17. The lowest BCUT2D eigenvalue weighted by Gasteiger charge is -2.10. The van der Waals surface area contributed by atoms with Gasteiger partial charge in [-0.3, -0.25) is 0 Å². The van der Waals surface area contributed by atoms with E-state index in [1.54, 1.807) is 25.1 Å². The lowest BCUT2D eigenvalue weighted by molar-refractivity contribution is -0.152. The SMILES string of the molecule is CCOC(=O)[C@H](O)Cc1ccccc1O. The maximum Gasteiger partial charge on any atom is 0.335 e. The van der Waals surface area contributed by atoms with Gasteiger partial charge in [-0.05, 0) is 18.6 Å². The average molecular weight is 210 g/mol. The summed E-state index contributed by atoms with van der Waals surface area (Å²) in [5, 5.41) is 18.8. The fourth-order valence-electron chi connectivity index (χ4n) is 1.21. The van der Waals surface area contributed by atoms with Gasteiger partial charge in [-0.1, -0.05) is 18.2 Å². The smallest absolute Gasteiger partial charge is 0.335 e. The van der Waals surface area contributed by atoms with Gasteiger partial charge in [0.05, 0.1) is 6.61 Å². The molecule has 0 heterocycles. The molecule has 0 aliphatic heterocycles. The summed E-state index contributed by atoms with van der Waals surface area (Å²) in [5.41, 5.74) is 0.526. The zero-order valence-electron chi connectivity index (χ0n) is 8.51. The number of carbonyl (C=O) groups is 1. The summed E-state index contributed by atoms with van der Waals surface area (Å²) in [5.74, 6) is -0.596. The average Bonchev–Trinajstić information content (AvgIpc) is 2.21. The number of phenols is 1. The van der Waals surface area contributed by atoms with Crippen LogP contribution in [0.25, 0.3) is 0 Å². The van der Waals surface area contributed by atoms with Crippen molar-refractivity contribution < 1.29 is 19.7 Å². The van der Waals surface area contributed by atoms with Crippen LogP contribution in [0.2, 0.25) is 0 Å². The summed E-state index contributed by atoms with van der Waals surface area (Å²) in [6, 6.07) is 6.56. The van der Waals surface area contributed by atoms with Crippen LogP contribution >= 0.6 is 0 Å². The van der Waals surface area contributed by atoms with Crippen molar-refractivity contribution in [2.24, 2.45) is 0 Å². The lowest BCUT2D eigenvalue weighted by atomic mass is 10.1. The van der Waals surface area contributed by atoms with Gasteiger partial charge in [-0.2, -0.15) is 0 Å². The van der Waals surface area contributed by atoms with Crippen molar-refractivity contribution in [1.82, 2.24) is 0 Å². The fraction of sp³-hybridized carbons (Fsp3) is 0.364. The number of carbonyl (C=O) groups excluding carboxylic acids is 1. The van der Waals surface area contributed by atoms with E-state index in [1.807, 2.05) is 0 Å². The van der Waals surface area contributed by atoms with E-state index < -0.39 is 12.1 Å². The molecule has 0 saturated carbocycles. The molecule has 0 aliphatic rings. The molecule has 0 aromatic heterocycles. The second kappa shape index (κ2) is 5.36. The molecule has 2 N–H and O–H groups in total. The van der Waals surface area contributed by atoms with E-state index in [0.717, 1.165) is 0 Å². The monoisotopic (exact) mass is 210 g/mol. The number of phenolic OH excluding ortho intramolecular Hbond substituents is 1. The Morgan fingerprint density at radius 2 is 2.13 bits per heavy atom. The summed E-state index contributed by atoms with van der Waals surface area (Å²) < 4.78 is 4.65. The van der Waals surface area contributed by atoms with E-state index in [4.69, 9.17) is 0 Å². The van der Waals surface area contributed by atoms with Crippen molar-refractivity contribution in [2.45, 2.75) is 19.4 Å². The minimum Gasteiger partial charge on any atom is -0.508 e. The van der Waals surface area contributed by atoms with Crippen molar-refractivity contribution in [3.8, 4) is 5.75 Å². The number of aliphatic hydroxyl groups excluding tert-OH is 1. The largest absolute Gasteiger partial charge is 0.508 e. The van der Waals surface area contributed by atoms with E-state index in [1.165, 1.54) is 6.07 Å². The van der Waals surface area contributed by atoms with Crippen LogP contribution in [0.15, 0.2) is 24.3 Å². The second-order valence-electron chi connectivity index (χ2n) is 3.10. The Balaban J connectivity index is 2.62. The maximum absolute atomic E-state index is 11.1. The Morgan fingerprint density at radius 3 is 2.73 bits per heavy atom. The number of para-hydroxylation sites is 1. The van der Waals surface area contributed by atoms with Crippen molar-refractivity contribution >= 4 is 5.97 Å². The highest BCUT2D eigenvalue weighted by Gasteiger charge is 2.17. The summed E-state index contributed by atoms with van der Waals surface area (Å²) in [6.45, 7) is 1.90. The molecule has 1 aromatic rings. The van der Waals surface area contributed by atoms with Crippen LogP contribution in [0, 0.1) is 0 Å². The number of aliphatic hydroxyl groups is 1. The minimum atomic E-state index is -1.22. The molecule has 15 heavy (non-hydrogen) atoms. The zero-order valence-corrected chi connectivity index (χ0v) is 8.51. The quantitative estimate of drug-likeness (QED) is 0.723. The molecule has 82 valence electrons. The molecule has 0 fully saturated rings. The van der Waals surface area contributed by atoms with Gasteiger partial charge in [0.25, 0.3) is 0 Å². The van der Waals surface area contributed by atoms with Gasteiger partial charge in [0.15, 0.2) is 6.10 Å². The predicted octanol–water partition coefficient (Wildman–Crippen LogP) is 0.859. The number of esters is 1. The van der Waals surface area contributed by atoms with Crippen molar-refractivity contribution in [3.63, 3.8) is 0 Å². The number of rotatable bonds is 4. The van der Waals surface area contributed by atoms with Crippen LogP contribution in [-0.2, 0) is 16.0 Å². The van der Waals surface area contributed by atoms with Gasteiger partial charge >= 0.3 is 5.97 Å². The summed E-state index contributed by atoms with van der Waals surface area (Å²) in [7, 11) is 0. The van der Waals surface area contributed by atoms with Crippen molar-refractivity contribution in [1.29, 1.82) is 0 Å². The van der Waals surface area contributed by atoms with Crippen molar-refractivity contribution in [2.75, 3.05) is 6.61 Å². The molecule has 0 radical (unpaired) electrons.